The summed E-state index contributed by atoms with van der Waals surface area (Å²) in [5.74, 6) is 0.435. The van der Waals surface area contributed by atoms with Crippen LogP contribution in [0.25, 0.3) is 0 Å². The first kappa shape index (κ1) is 13.9. The number of rotatable bonds is 2. The second-order valence-corrected chi connectivity index (χ2v) is 6.30. The Labute approximate surface area is 132 Å². The van der Waals surface area contributed by atoms with Gasteiger partial charge in [0.25, 0.3) is 0 Å². The summed E-state index contributed by atoms with van der Waals surface area (Å²) in [5, 5.41) is 3.54. The number of fused-ring (bicyclic) bond motifs is 3. The molecule has 1 fully saturated rings. The minimum Gasteiger partial charge on any atom is -0.326 e. The van der Waals surface area contributed by atoms with E-state index in [1.54, 1.807) is 0 Å². The van der Waals surface area contributed by atoms with Gasteiger partial charge in [-0.25, -0.2) is 0 Å². The number of hydrogen-bond donors (Lipinski definition) is 2. The standard InChI is InChI=1S/C19H23N3/c20-11-14-5-1-2-6-15(14)18-13-22-10-9-21-12-19(22)17-8-4-3-7-16(17)18/h1-8,18-19,21H,9-13,20H2/t18-,19+/m0/s1. The van der Waals surface area contributed by atoms with Crippen molar-refractivity contribution in [3.05, 3.63) is 70.8 Å². The molecule has 4 rings (SSSR count). The van der Waals surface area contributed by atoms with Crippen LogP contribution in [0, 0.1) is 0 Å². The molecule has 2 aromatic rings. The van der Waals surface area contributed by atoms with Crippen LogP contribution in [0.3, 0.4) is 0 Å². The maximum atomic E-state index is 5.99. The van der Waals surface area contributed by atoms with Crippen LogP contribution in [-0.2, 0) is 6.54 Å². The molecule has 2 aliphatic rings. The van der Waals surface area contributed by atoms with Crippen molar-refractivity contribution in [1.29, 1.82) is 0 Å². The summed E-state index contributed by atoms with van der Waals surface area (Å²) in [6, 6.07) is 18.1. The fraction of sp³-hybridized carbons (Fsp3) is 0.368. The molecule has 0 amide bonds. The summed E-state index contributed by atoms with van der Waals surface area (Å²) >= 11 is 0. The monoisotopic (exact) mass is 293 g/mol. The number of nitrogens with two attached hydrogens (primary N) is 1. The van der Waals surface area contributed by atoms with Gasteiger partial charge in [0.15, 0.2) is 0 Å². The highest BCUT2D eigenvalue weighted by Crippen LogP contribution is 2.40. The summed E-state index contributed by atoms with van der Waals surface area (Å²) in [6.07, 6.45) is 0. The van der Waals surface area contributed by atoms with Crippen molar-refractivity contribution in [2.75, 3.05) is 26.2 Å². The molecule has 2 aromatic carbocycles. The summed E-state index contributed by atoms with van der Waals surface area (Å²) in [6.45, 7) is 4.98. The summed E-state index contributed by atoms with van der Waals surface area (Å²) in [4.78, 5) is 2.64. The van der Waals surface area contributed by atoms with Gasteiger partial charge in [-0.15, -0.1) is 0 Å². The van der Waals surface area contributed by atoms with Crippen LogP contribution in [-0.4, -0.2) is 31.1 Å². The van der Waals surface area contributed by atoms with E-state index in [1.807, 2.05) is 0 Å². The van der Waals surface area contributed by atoms with Crippen molar-refractivity contribution in [3.8, 4) is 0 Å². The molecule has 0 aromatic heterocycles. The molecule has 114 valence electrons. The Morgan fingerprint density at radius 1 is 1.00 bits per heavy atom. The maximum Gasteiger partial charge on any atom is 0.0476 e. The van der Waals surface area contributed by atoms with Gasteiger partial charge in [0, 0.05) is 44.7 Å². The molecule has 2 aliphatic heterocycles. The number of benzene rings is 2. The lowest BCUT2D eigenvalue weighted by Gasteiger charge is -2.44. The molecule has 3 heteroatoms. The Hall–Kier alpha value is -1.68. The predicted octanol–water partition coefficient (Wildman–Crippen LogP) is 2.24. The zero-order valence-electron chi connectivity index (χ0n) is 12.8. The molecule has 3 nitrogen and oxygen atoms in total. The van der Waals surface area contributed by atoms with Crippen LogP contribution in [0.1, 0.15) is 34.2 Å². The van der Waals surface area contributed by atoms with Crippen LogP contribution in [0.15, 0.2) is 48.5 Å². The Morgan fingerprint density at radius 2 is 1.73 bits per heavy atom. The van der Waals surface area contributed by atoms with E-state index in [0.29, 0.717) is 18.5 Å². The molecule has 3 N–H and O–H groups in total. The number of hydrogen-bond acceptors (Lipinski definition) is 3. The average Bonchev–Trinajstić information content (AvgIpc) is 2.61. The Morgan fingerprint density at radius 3 is 2.55 bits per heavy atom. The largest absolute Gasteiger partial charge is 0.326 e. The van der Waals surface area contributed by atoms with E-state index in [0.717, 1.165) is 26.2 Å². The molecule has 1 saturated heterocycles. The summed E-state index contributed by atoms with van der Waals surface area (Å²) in [5.41, 5.74) is 11.6. The quantitative estimate of drug-likeness (QED) is 0.892. The first-order chi connectivity index (χ1) is 10.9. The lowest BCUT2D eigenvalue weighted by molar-refractivity contribution is 0.143. The highest BCUT2D eigenvalue weighted by atomic mass is 15.2. The zero-order valence-corrected chi connectivity index (χ0v) is 12.8. The minimum absolute atomic E-state index is 0.435. The van der Waals surface area contributed by atoms with E-state index in [1.165, 1.54) is 22.3 Å². The topological polar surface area (TPSA) is 41.3 Å². The fourth-order valence-corrected chi connectivity index (χ4v) is 4.06. The van der Waals surface area contributed by atoms with Crippen molar-refractivity contribution < 1.29 is 0 Å². The second-order valence-electron chi connectivity index (χ2n) is 6.30. The number of nitrogens with one attached hydrogen (secondary N) is 1. The van der Waals surface area contributed by atoms with Crippen molar-refractivity contribution in [1.82, 2.24) is 10.2 Å². The molecule has 0 bridgehead atoms. The van der Waals surface area contributed by atoms with Gasteiger partial charge >= 0.3 is 0 Å². The molecule has 0 unspecified atom stereocenters. The fourth-order valence-electron chi connectivity index (χ4n) is 4.06. The lowest BCUT2D eigenvalue weighted by Crippen LogP contribution is -2.50. The van der Waals surface area contributed by atoms with Crippen molar-refractivity contribution in [2.45, 2.75) is 18.5 Å². The molecule has 0 spiro atoms. The highest BCUT2D eigenvalue weighted by molar-refractivity contribution is 5.45. The van der Waals surface area contributed by atoms with Crippen molar-refractivity contribution >= 4 is 0 Å². The first-order valence-corrected chi connectivity index (χ1v) is 8.20. The number of piperazine rings is 1. The predicted molar refractivity (Wildman–Crippen MR) is 89.8 cm³/mol. The van der Waals surface area contributed by atoms with Crippen LogP contribution in [0.5, 0.6) is 0 Å². The van der Waals surface area contributed by atoms with E-state index in [9.17, 15) is 0 Å². The van der Waals surface area contributed by atoms with Gasteiger partial charge in [-0.3, -0.25) is 4.90 Å². The Kier molecular flexibility index (Phi) is 3.70. The van der Waals surface area contributed by atoms with Gasteiger partial charge in [0.05, 0.1) is 0 Å². The molecule has 22 heavy (non-hydrogen) atoms. The van der Waals surface area contributed by atoms with Gasteiger partial charge in [-0.1, -0.05) is 48.5 Å². The average molecular weight is 293 g/mol. The van der Waals surface area contributed by atoms with E-state index in [-0.39, 0.29) is 0 Å². The third-order valence-corrected chi connectivity index (χ3v) is 5.15. The lowest BCUT2D eigenvalue weighted by atomic mass is 9.79. The second kappa shape index (κ2) is 5.84. The van der Waals surface area contributed by atoms with Crippen LogP contribution < -0.4 is 11.1 Å². The Bertz CT molecular complexity index is 667. The minimum atomic E-state index is 0.435. The van der Waals surface area contributed by atoms with E-state index in [2.05, 4.69) is 58.7 Å². The molecular formula is C19H23N3. The molecule has 2 atom stereocenters. The van der Waals surface area contributed by atoms with Crippen molar-refractivity contribution in [2.24, 2.45) is 5.73 Å². The molecule has 0 aliphatic carbocycles. The van der Waals surface area contributed by atoms with Gasteiger partial charge in [0.2, 0.25) is 0 Å². The third-order valence-electron chi connectivity index (χ3n) is 5.15. The van der Waals surface area contributed by atoms with Crippen molar-refractivity contribution in [3.63, 3.8) is 0 Å². The zero-order chi connectivity index (χ0) is 14.9. The van der Waals surface area contributed by atoms with E-state index < -0.39 is 0 Å². The van der Waals surface area contributed by atoms with E-state index >= 15 is 0 Å². The van der Waals surface area contributed by atoms with Gasteiger partial charge in [-0.2, -0.15) is 0 Å². The van der Waals surface area contributed by atoms with Crippen LogP contribution in [0.4, 0.5) is 0 Å². The van der Waals surface area contributed by atoms with Gasteiger partial charge < -0.3 is 11.1 Å². The number of nitrogens with zero attached hydrogens (tertiary/aromatic N) is 1. The third kappa shape index (κ3) is 2.26. The normalized spacial score (nSPS) is 24.6. The summed E-state index contributed by atoms with van der Waals surface area (Å²) in [7, 11) is 0. The van der Waals surface area contributed by atoms with E-state index in [4.69, 9.17) is 5.73 Å². The highest BCUT2D eigenvalue weighted by Gasteiger charge is 2.35. The molecular weight excluding hydrogens is 270 g/mol. The molecule has 0 radical (unpaired) electrons. The van der Waals surface area contributed by atoms with Gasteiger partial charge in [-0.05, 0) is 22.3 Å². The first-order valence-electron chi connectivity index (χ1n) is 8.20. The van der Waals surface area contributed by atoms with Crippen LogP contribution >= 0.6 is 0 Å². The SMILES string of the molecule is NCc1ccccc1[C@@H]1CN2CCNC[C@@H]2c2ccccc21. The van der Waals surface area contributed by atoms with Crippen LogP contribution in [0.2, 0.25) is 0 Å². The Balaban J connectivity index is 1.82. The summed E-state index contributed by atoms with van der Waals surface area (Å²) < 4.78 is 0. The molecule has 2 heterocycles. The van der Waals surface area contributed by atoms with Gasteiger partial charge in [0.1, 0.15) is 0 Å². The smallest absolute Gasteiger partial charge is 0.0476 e. The maximum absolute atomic E-state index is 5.99. The molecule has 0 saturated carbocycles.